The first-order chi connectivity index (χ1) is 20.4. The van der Waals surface area contributed by atoms with Crippen molar-refractivity contribution >= 4 is 45.0 Å². The molecular weight excluding hydrogens is 584 g/mol. The second-order valence-electron chi connectivity index (χ2n) is 10.8. The number of aryl methyl sites for hydroxylation is 1. The number of carboxylic acids is 1. The van der Waals surface area contributed by atoms with Crippen LogP contribution in [0.25, 0.3) is 43.2 Å². The Balaban J connectivity index is 0.000000782. The summed E-state index contributed by atoms with van der Waals surface area (Å²) in [4.78, 5) is 21.2. The Kier molecular flexibility index (Phi) is 9.77. The van der Waals surface area contributed by atoms with E-state index in [1.54, 1.807) is 27.0 Å². The molecule has 0 atom stereocenters. The van der Waals surface area contributed by atoms with Crippen molar-refractivity contribution in [2.75, 3.05) is 0 Å². The third-order valence-corrected chi connectivity index (χ3v) is 7.57. The van der Waals surface area contributed by atoms with Crippen molar-refractivity contribution in [3.05, 3.63) is 94.6 Å². The molecule has 0 fully saturated rings. The van der Waals surface area contributed by atoms with Gasteiger partial charge in [-0.2, -0.15) is 5.10 Å². The van der Waals surface area contributed by atoms with Crippen LogP contribution in [0.1, 0.15) is 37.5 Å². The molecule has 0 aliphatic rings. The zero-order valence-electron chi connectivity index (χ0n) is 24.2. The molecule has 0 aliphatic heterocycles. The number of thiazole rings is 1. The highest BCUT2D eigenvalue weighted by molar-refractivity contribution is 7.22. The quantitative estimate of drug-likeness (QED) is 0.0658. The molecule has 0 radical (unpaired) electrons. The lowest BCUT2D eigenvalue weighted by Gasteiger charge is -2.13. The second kappa shape index (κ2) is 13.3. The highest BCUT2D eigenvalue weighted by Gasteiger charge is 2.20. The van der Waals surface area contributed by atoms with E-state index in [1.807, 2.05) is 73.7 Å². The van der Waals surface area contributed by atoms with E-state index in [2.05, 4.69) is 15.5 Å². The van der Waals surface area contributed by atoms with Crippen molar-refractivity contribution in [1.29, 1.82) is 0 Å². The van der Waals surface area contributed by atoms with Crippen molar-refractivity contribution < 1.29 is 15.0 Å². The molecule has 2 heterocycles. The van der Waals surface area contributed by atoms with Gasteiger partial charge in [0.15, 0.2) is 5.84 Å². The summed E-state index contributed by atoms with van der Waals surface area (Å²) in [5.41, 5.74) is 9.44. The van der Waals surface area contributed by atoms with Crippen molar-refractivity contribution in [1.82, 2.24) is 15.4 Å². The Labute approximate surface area is 258 Å². The van der Waals surface area contributed by atoms with E-state index in [0.717, 1.165) is 59.9 Å². The Morgan fingerprint density at radius 3 is 2.37 bits per heavy atom. The van der Waals surface area contributed by atoms with Crippen LogP contribution < -0.4 is 17.1 Å². The monoisotopic (exact) mass is 616 g/mol. The van der Waals surface area contributed by atoms with Gasteiger partial charge in [-0.1, -0.05) is 41.9 Å². The summed E-state index contributed by atoms with van der Waals surface area (Å²) in [7, 11) is 0. The van der Waals surface area contributed by atoms with E-state index in [0.29, 0.717) is 10.9 Å². The Hall–Kier alpha value is -4.35. The number of aliphatic hydroxyl groups is 1. The molecule has 2 aromatic heterocycles. The Morgan fingerprint density at radius 2 is 1.74 bits per heavy atom. The van der Waals surface area contributed by atoms with Crippen LogP contribution in [-0.2, 0) is 11.2 Å². The number of hydrogen-bond donors (Lipinski definition) is 5. The number of fused-ring (bicyclic) bond motifs is 1. The number of hydrogen-bond acceptors (Lipinski definition) is 8. The van der Waals surface area contributed by atoms with Gasteiger partial charge in [0.1, 0.15) is 5.01 Å². The lowest BCUT2D eigenvalue weighted by Crippen LogP contribution is -2.32. The van der Waals surface area contributed by atoms with Crippen molar-refractivity contribution in [2.45, 2.75) is 39.7 Å². The summed E-state index contributed by atoms with van der Waals surface area (Å²) < 4.78 is 0.919. The van der Waals surface area contributed by atoms with Gasteiger partial charge in [0, 0.05) is 33.5 Å². The molecule has 0 bridgehead atoms. The Bertz CT molecular complexity index is 1790. The summed E-state index contributed by atoms with van der Waals surface area (Å²) in [5, 5.41) is 23.2. The number of pyridine rings is 1. The standard InChI is InChI=1S/C28H23ClN6O2S.C4H10O/c1-15-11-23-26(25(21(15)14-24(36)37)16-5-7-20(29)8-6-16)38-28(33-23)19-9-10-32-22(13-19)17-3-2-4-18(12-17)27(34-30)35-31;1-4(2,3)5/h2-13H,14,30-31H2,1H3,(H,34,35)(H,36,37);5H,1-3H3. The number of nitrogens with one attached hydrogen (secondary N) is 1. The molecule has 0 saturated carbocycles. The second-order valence-corrected chi connectivity index (χ2v) is 12.2. The van der Waals surface area contributed by atoms with Gasteiger partial charge < -0.3 is 21.5 Å². The van der Waals surface area contributed by atoms with Crippen LogP contribution in [0.3, 0.4) is 0 Å². The molecule has 3 aromatic carbocycles. The molecule has 43 heavy (non-hydrogen) atoms. The normalized spacial score (nSPS) is 11.7. The van der Waals surface area contributed by atoms with E-state index < -0.39 is 11.6 Å². The summed E-state index contributed by atoms with van der Waals surface area (Å²) in [6.07, 6.45) is 1.65. The predicted octanol–water partition coefficient (Wildman–Crippen LogP) is 6.14. The van der Waals surface area contributed by atoms with Crippen molar-refractivity contribution in [2.24, 2.45) is 16.8 Å². The van der Waals surface area contributed by atoms with Crippen LogP contribution in [0.15, 0.2) is 78.0 Å². The maximum absolute atomic E-state index is 11.7. The number of rotatable bonds is 6. The van der Waals surface area contributed by atoms with Crippen LogP contribution >= 0.6 is 22.9 Å². The van der Waals surface area contributed by atoms with Crippen molar-refractivity contribution in [3.8, 4) is 33.0 Å². The number of carbonyl (C=O) groups is 1. The van der Waals surface area contributed by atoms with E-state index in [-0.39, 0.29) is 6.42 Å². The Morgan fingerprint density at radius 1 is 1.05 bits per heavy atom. The van der Waals surface area contributed by atoms with E-state index >= 15 is 0 Å². The van der Waals surface area contributed by atoms with Crippen LogP contribution in [0.4, 0.5) is 0 Å². The van der Waals surface area contributed by atoms with Crippen molar-refractivity contribution in [3.63, 3.8) is 0 Å². The number of benzene rings is 3. The fraction of sp³-hybridized carbons (Fsp3) is 0.188. The highest BCUT2D eigenvalue weighted by atomic mass is 35.5. The molecule has 0 amide bonds. The fourth-order valence-electron chi connectivity index (χ4n) is 4.40. The minimum absolute atomic E-state index is 0.0888. The fourth-order valence-corrected chi connectivity index (χ4v) is 5.66. The molecule has 5 rings (SSSR count). The average molecular weight is 617 g/mol. The first-order valence-corrected chi connectivity index (χ1v) is 14.5. The van der Waals surface area contributed by atoms with Crippen LogP contribution in [-0.4, -0.2) is 37.6 Å². The molecule has 7 N–H and O–H groups in total. The lowest BCUT2D eigenvalue weighted by atomic mass is 9.93. The van der Waals surface area contributed by atoms with Gasteiger partial charge in [0.05, 0.1) is 27.9 Å². The molecule has 0 spiro atoms. The van der Waals surface area contributed by atoms with Crippen LogP contribution in [0, 0.1) is 6.92 Å². The van der Waals surface area contributed by atoms with Gasteiger partial charge in [0.2, 0.25) is 0 Å². The SMILES string of the molecule is CC(C)(C)O.Cc1cc2nc(-c3ccnc(-c4cccc(/C(=N/N)NN)c4)c3)sc2c(-c2ccc(Cl)cc2)c1CC(=O)O. The number of hydrazone groups is 1. The summed E-state index contributed by atoms with van der Waals surface area (Å²) >= 11 is 7.65. The average Bonchev–Trinajstić information content (AvgIpc) is 3.37. The topological polar surface area (TPSA) is 160 Å². The molecule has 0 saturated heterocycles. The maximum Gasteiger partial charge on any atom is 0.307 e. The molecule has 0 aliphatic carbocycles. The van der Waals surface area contributed by atoms with Gasteiger partial charge >= 0.3 is 5.97 Å². The van der Waals surface area contributed by atoms with Gasteiger partial charge in [-0.3, -0.25) is 9.78 Å². The number of aromatic nitrogens is 2. The van der Waals surface area contributed by atoms with Crippen LogP contribution in [0.2, 0.25) is 5.02 Å². The molecule has 222 valence electrons. The maximum atomic E-state index is 11.7. The van der Waals surface area contributed by atoms with Gasteiger partial charge in [0.25, 0.3) is 0 Å². The molecule has 9 nitrogen and oxygen atoms in total. The number of nitrogens with two attached hydrogens (primary N) is 2. The largest absolute Gasteiger partial charge is 0.481 e. The molecule has 11 heteroatoms. The predicted molar refractivity (Wildman–Crippen MR) is 175 cm³/mol. The zero-order valence-corrected chi connectivity index (χ0v) is 25.8. The molecular formula is C32H33ClN6O3S. The number of carboxylic acid groups (broad SMARTS) is 1. The van der Waals surface area contributed by atoms with Gasteiger partial charge in [-0.15, -0.1) is 11.3 Å². The summed E-state index contributed by atoms with van der Waals surface area (Å²) in [6.45, 7) is 7.15. The molecule has 0 unspecified atom stereocenters. The minimum atomic E-state index is -0.888. The number of aliphatic carboxylic acids is 1. The zero-order chi connectivity index (χ0) is 31.3. The number of hydrazine groups is 1. The first kappa shape index (κ1) is 31.6. The molecule has 5 aromatic rings. The number of halogens is 1. The highest BCUT2D eigenvalue weighted by Crippen LogP contribution is 2.41. The first-order valence-electron chi connectivity index (χ1n) is 13.3. The van der Waals surface area contributed by atoms with Gasteiger partial charge in [-0.05, 0) is 80.8 Å². The minimum Gasteiger partial charge on any atom is -0.481 e. The van der Waals surface area contributed by atoms with Gasteiger partial charge in [-0.25, -0.2) is 10.8 Å². The summed E-state index contributed by atoms with van der Waals surface area (Å²) in [6, 6.07) is 20.8. The summed E-state index contributed by atoms with van der Waals surface area (Å²) in [5.74, 6) is 10.4. The number of nitrogens with zero attached hydrogens (tertiary/aromatic N) is 3. The van der Waals surface area contributed by atoms with E-state index in [1.165, 1.54) is 11.3 Å². The third-order valence-electron chi connectivity index (χ3n) is 6.18. The van der Waals surface area contributed by atoms with Crippen LogP contribution in [0.5, 0.6) is 0 Å². The third kappa shape index (κ3) is 7.94. The van der Waals surface area contributed by atoms with E-state index in [9.17, 15) is 9.90 Å². The lowest BCUT2D eigenvalue weighted by molar-refractivity contribution is -0.136. The smallest absolute Gasteiger partial charge is 0.307 e. The number of amidine groups is 1. The van der Waals surface area contributed by atoms with E-state index in [4.69, 9.17) is 33.4 Å².